The lowest BCUT2D eigenvalue weighted by Gasteiger charge is -2.29. The van der Waals surface area contributed by atoms with Gasteiger partial charge in [-0.1, -0.05) is 19.1 Å². The molecule has 0 saturated carbocycles. The predicted octanol–water partition coefficient (Wildman–Crippen LogP) is 3.08. The fourth-order valence-corrected chi connectivity index (χ4v) is 3.35. The number of oxazole rings is 1. The SMILES string of the molecule is CCc1ocnc1C(=O)N1CCc2ccc(NC(=O)c3ccccn3)cc2C1. The maximum absolute atomic E-state index is 12.8. The fraction of sp³-hybridized carbons (Fsp3) is 0.238. The number of aromatic nitrogens is 2. The molecule has 0 saturated heterocycles. The van der Waals surface area contributed by atoms with E-state index in [1.54, 1.807) is 29.3 Å². The number of aryl methyl sites for hydroxylation is 1. The maximum atomic E-state index is 12.8. The Hall–Kier alpha value is -3.48. The van der Waals surface area contributed by atoms with Crippen LogP contribution in [0.5, 0.6) is 0 Å². The Morgan fingerprint density at radius 2 is 2.07 bits per heavy atom. The van der Waals surface area contributed by atoms with Gasteiger partial charge in [0, 0.05) is 31.4 Å². The number of pyridine rings is 1. The van der Waals surface area contributed by atoms with Crippen molar-refractivity contribution >= 4 is 17.5 Å². The number of nitrogens with one attached hydrogen (secondary N) is 1. The second kappa shape index (κ2) is 7.64. The van der Waals surface area contributed by atoms with Crippen LogP contribution in [0.2, 0.25) is 0 Å². The first-order chi connectivity index (χ1) is 13.7. The van der Waals surface area contributed by atoms with Crippen molar-refractivity contribution in [3.8, 4) is 0 Å². The second-order valence-electron chi connectivity index (χ2n) is 6.61. The lowest BCUT2D eigenvalue weighted by Crippen LogP contribution is -2.36. The van der Waals surface area contributed by atoms with Crippen molar-refractivity contribution in [1.29, 1.82) is 0 Å². The molecule has 4 rings (SSSR count). The van der Waals surface area contributed by atoms with Crippen LogP contribution in [0.4, 0.5) is 5.69 Å². The van der Waals surface area contributed by atoms with Gasteiger partial charge >= 0.3 is 0 Å². The first-order valence-electron chi connectivity index (χ1n) is 9.21. The molecule has 1 aliphatic rings. The molecule has 142 valence electrons. The standard InChI is InChI=1S/C21H20N4O3/c1-2-18-19(23-13-28-18)21(27)25-10-8-14-6-7-16(11-15(14)12-25)24-20(26)17-5-3-4-9-22-17/h3-7,9,11,13H,2,8,10,12H2,1H3,(H,24,26). The van der Waals surface area contributed by atoms with Gasteiger partial charge in [-0.15, -0.1) is 0 Å². The highest BCUT2D eigenvalue weighted by atomic mass is 16.3. The Bertz CT molecular complexity index is 1010. The van der Waals surface area contributed by atoms with E-state index in [-0.39, 0.29) is 11.8 Å². The molecule has 1 N–H and O–H groups in total. The number of rotatable bonds is 4. The molecule has 0 aliphatic carbocycles. The number of fused-ring (bicyclic) bond motifs is 1. The van der Waals surface area contributed by atoms with Crippen LogP contribution in [-0.4, -0.2) is 33.2 Å². The molecule has 7 heteroatoms. The zero-order chi connectivity index (χ0) is 19.5. The van der Waals surface area contributed by atoms with Gasteiger partial charge in [0.2, 0.25) is 0 Å². The molecule has 0 radical (unpaired) electrons. The van der Waals surface area contributed by atoms with Crippen molar-refractivity contribution in [2.24, 2.45) is 0 Å². The van der Waals surface area contributed by atoms with Gasteiger partial charge in [-0.3, -0.25) is 14.6 Å². The lowest BCUT2D eigenvalue weighted by atomic mass is 9.98. The lowest BCUT2D eigenvalue weighted by molar-refractivity contribution is 0.0727. The molecule has 3 heterocycles. The van der Waals surface area contributed by atoms with Crippen LogP contribution >= 0.6 is 0 Å². The third-order valence-corrected chi connectivity index (χ3v) is 4.83. The highest BCUT2D eigenvalue weighted by molar-refractivity contribution is 6.02. The van der Waals surface area contributed by atoms with E-state index in [1.807, 2.05) is 25.1 Å². The van der Waals surface area contributed by atoms with E-state index in [0.29, 0.717) is 42.3 Å². The van der Waals surface area contributed by atoms with Crippen LogP contribution in [-0.2, 0) is 19.4 Å². The first kappa shape index (κ1) is 17.9. The summed E-state index contributed by atoms with van der Waals surface area (Å²) >= 11 is 0. The third kappa shape index (κ3) is 3.51. The van der Waals surface area contributed by atoms with E-state index in [0.717, 1.165) is 12.0 Å². The van der Waals surface area contributed by atoms with Crippen LogP contribution in [0.3, 0.4) is 0 Å². The normalized spacial score (nSPS) is 13.1. The Labute approximate surface area is 162 Å². The van der Waals surface area contributed by atoms with E-state index in [2.05, 4.69) is 15.3 Å². The molecule has 0 bridgehead atoms. The van der Waals surface area contributed by atoms with Crippen molar-refractivity contribution < 1.29 is 14.0 Å². The van der Waals surface area contributed by atoms with Crippen LogP contribution in [0.25, 0.3) is 0 Å². The van der Waals surface area contributed by atoms with Crippen molar-refractivity contribution in [1.82, 2.24) is 14.9 Å². The van der Waals surface area contributed by atoms with Gasteiger partial charge in [-0.2, -0.15) is 0 Å². The molecule has 2 aromatic heterocycles. The van der Waals surface area contributed by atoms with Crippen LogP contribution in [0.1, 0.15) is 44.8 Å². The predicted molar refractivity (Wildman–Crippen MR) is 103 cm³/mol. The summed E-state index contributed by atoms with van der Waals surface area (Å²) in [5.74, 6) is 0.214. The largest absolute Gasteiger partial charge is 0.448 e. The summed E-state index contributed by atoms with van der Waals surface area (Å²) in [5, 5.41) is 2.87. The molecule has 0 spiro atoms. The fourth-order valence-electron chi connectivity index (χ4n) is 3.35. The van der Waals surface area contributed by atoms with Gasteiger partial charge in [0.05, 0.1) is 0 Å². The molecule has 0 fully saturated rings. The molecule has 3 aromatic rings. The molecule has 7 nitrogen and oxygen atoms in total. The maximum Gasteiger partial charge on any atom is 0.276 e. The number of anilines is 1. The smallest absolute Gasteiger partial charge is 0.276 e. The number of nitrogens with zero attached hydrogens (tertiary/aromatic N) is 3. The van der Waals surface area contributed by atoms with Crippen LogP contribution in [0.15, 0.2) is 53.4 Å². The highest BCUT2D eigenvalue weighted by Gasteiger charge is 2.26. The van der Waals surface area contributed by atoms with Crippen molar-refractivity contribution in [3.05, 3.63) is 77.3 Å². The van der Waals surface area contributed by atoms with Gasteiger partial charge in [-0.05, 0) is 41.8 Å². The zero-order valence-corrected chi connectivity index (χ0v) is 15.5. The average Bonchev–Trinajstić information content (AvgIpc) is 3.22. The van der Waals surface area contributed by atoms with Gasteiger partial charge in [0.1, 0.15) is 11.5 Å². The first-order valence-corrected chi connectivity index (χ1v) is 9.21. The Balaban J connectivity index is 1.51. The van der Waals surface area contributed by atoms with Crippen LogP contribution in [0, 0.1) is 0 Å². The summed E-state index contributed by atoms with van der Waals surface area (Å²) in [6.45, 7) is 3.03. The molecule has 0 atom stereocenters. The monoisotopic (exact) mass is 376 g/mol. The van der Waals surface area contributed by atoms with Crippen molar-refractivity contribution in [3.63, 3.8) is 0 Å². The average molecular weight is 376 g/mol. The van der Waals surface area contributed by atoms with Crippen molar-refractivity contribution in [2.45, 2.75) is 26.3 Å². The number of amides is 2. The van der Waals surface area contributed by atoms with Gasteiger partial charge in [-0.25, -0.2) is 4.98 Å². The van der Waals surface area contributed by atoms with Gasteiger partial charge in [0.15, 0.2) is 12.1 Å². The third-order valence-electron chi connectivity index (χ3n) is 4.83. The van der Waals surface area contributed by atoms with Gasteiger partial charge < -0.3 is 14.6 Å². The molecule has 2 amide bonds. The Morgan fingerprint density at radius 1 is 1.18 bits per heavy atom. The summed E-state index contributed by atoms with van der Waals surface area (Å²) in [7, 11) is 0. The van der Waals surface area contributed by atoms with E-state index >= 15 is 0 Å². The molecule has 1 aromatic carbocycles. The van der Waals surface area contributed by atoms with E-state index in [9.17, 15) is 9.59 Å². The zero-order valence-electron chi connectivity index (χ0n) is 15.5. The topological polar surface area (TPSA) is 88.3 Å². The summed E-state index contributed by atoms with van der Waals surface area (Å²) in [6.07, 6.45) is 4.28. The number of carbonyl (C=O) groups excluding carboxylic acids is 2. The molecule has 1 aliphatic heterocycles. The summed E-state index contributed by atoms with van der Waals surface area (Å²) in [6, 6.07) is 11.0. The quantitative estimate of drug-likeness (QED) is 0.756. The molecular weight excluding hydrogens is 356 g/mol. The van der Waals surface area contributed by atoms with Crippen LogP contribution < -0.4 is 5.32 Å². The number of carbonyl (C=O) groups is 2. The van der Waals surface area contributed by atoms with E-state index < -0.39 is 0 Å². The molecule has 0 unspecified atom stereocenters. The van der Waals surface area contributed by atoms with Crippen molar-refractivity contribution in [2.75, 3.05) is 11.9 Å². The Kier molecular flexibility index (Phi) is 4.89. The number of benzene rings is 1. The summed E-state index contributed by atoms with van der Waals surface area (Å²) < 4.78 is 5.29. The number of hydrogen-bond donors (Lipinski definition) is 1. The second-order valence-corrected chi connectivity index (χ2v) is 6.61. The molecular formula is C21H20N4O3. The summed E-state index contributed by atoms with van der Waals surface area (Å²) in [5.41, 5.74) is 3.61. The molecule has 28 heavy (non-hydrogen) atoms. The minimum absolute atomic E-state index is 0.126. The number of hydrogen-bond acceptors (Lipinski definition) is 5. The Morgan fingerprint density at radius 3 is 2.86 bits per heavy atom. The minimum Gasteiger partial charge on any atom is -0.448 e. The van der Waals surface area contributed by atoms with Gasteiger partial charge in [0.25, 0.3) is 11.8 Å². The van der Waals surface area contributed by atoms with E-state index in [1.165, 1.54) is 12.0 Å². The minimum atomic E-state index is -0.264. The highest BCUT2D eigenvalue weighted by Crippen LogP contribution is 2.24. The van der Waals surface area contributed by atoms with E-state index in [4.69, 9.17) is 4.42 Å². The summed E-state index contributed by atoms with van der Waals surface area (Å²) in [4.78, 5) is 35.1.